The molecule has 5 heteroatoms. The third-order valence-corrected chi connectivity index (χ3v) is 4.50. The lowest BCUT2D eigenvalue weighted by Crippen LogP contribution is -2.25. The van der Waals surface area contributed by atoms with Crippen molar-refractivity contribution in [1.29, 1.82) is 5.26 Å². The van der Waals surface area contributed by atoms with Gasteiger partial charge < -0.3 is 10.2 Å². The minimum absolute atomic E-state index is 0.639. The molecule has 0 saturated heterocycles. The molecule has 0 fully saturated rings. The van der Waals surface area contributed by atoms with E-state index in [1.807, 2.05) is 25.1 Å². The first-order valence-electron chi connectivity index (χ1n) is 8.71. The fourth-order valence-electron chi connectivity index (χ4n) is 3.30. The summed E-state index contributed by atoms with van der Waals surface area (Å²) < 4.78 is 0. The molecule has 4 rings (SSSR count). The lowest BCUT2D eigenvalue weighted by molar-refractivity contribution is 0.757. The third kappa shape index (κ3) is 3.22. The van der Waals surface area contributed by atoms with Gasteiger partial charge in [0.15, 0.2) is 0 Å². The van der Waals surface area contributed by atoms with Gasteiger partial charge in [0.05, 0.1) is 11.6 Å². The zero-order valence-corrected chi connectivity index (χ0v) is 14.6. The van der Waals surface area contributed by atoms with Crippen LogP contribution in [0.1, 0.15) is 23.4 Å². The van der Waals surface area contributed by atoms with Crippen molar-refractivity contribution in [2.75, 3.05) is 16.8 Å². The molecule has 0 amide bonds. The summed E-state index contributed by atoms with van der Waals surface area (Å²) in [6.07, 6.45) is 2.21. The summed E-state index contributed by atoms with van der Waals surface area (Å²) in [6, 6.07) is 19.9. The summed E-state index contributed by atoms with van der Waals surface area (Å²) in [5.41, 5.74) is 4.12. The van der Waals surface area contributed by atoms with Gasteiger partial charge in [0.2, 0.25) is 0 Å². The van der Waals surface area contributed by atoms with E-state index in [9.17, 15) is 0 Å². The maximum atomic E-state index is 8.92. The van der Waals surface area contributed by atoms with E-state index in [0.717, 1.165) is 42.5 Å². The molecule has 0 atom stereocenters. The van der Waals surface area contributed by atoms with Crippen LogP contribution in [0.25, 0.3) is 0 Å². The Labute approximate surface area is 153 Å². The number of nitriles is 1. The van der Waals surface area contributed by atoms with Crippen LogP contribution < -0.4 is 10.2 Å². The van der Waals surface area contributed by atoms with Gasteiger partial charge in [-0.15, -0.1) is 0 Å². The zero-order valence-electron chi connectivity index (χ0n) is 14.6. The highest BCUT2D eigenvalue weighted by atomic mass is 15.2. The highest BCUT2D eigenvalue weighted by molar-refractivity contribution is 5.68. The Hall–Kier alpha value is -3.39. The van der Waals surface area contributed by atoms with E-state index >= 15 is 0 Å². The number of anilines is 4. The Kier molecular flexibility index (Phi) is 4.24. The topological polar surface area (TPSA) is 64.8 Å². The minimum atomic E-state index is 0.639. The number of aromatic nitrogens is 2. The Morgan fingerprint density at radius 3 is 2.69 bits per heavy atom. The maximum Gasteiger partial charge on any atom is 0.138 e. The number of hydrogen-bond acceptors (Lipinski definition) is 5. The fraction of sp³-hybridized carbons (Fsp3) is 0.190. The summed E-state index contributed by atoms with van der Waals surface area (Å²) in [6.45, 7) is 2.85. The normalized spacial score (nSPS) is 13.0. The molecule has 0 spiro atoms. The predicted octanol–water partition coefficient (Wildman–Crippen LogP) is 4.48. The van der Waals surface area contributed by atoms with E-state index < -0.39 is 0 Å². The molecule has 1 aromatic heterocycles. The molecule has 2 heterocycles. The van der Waals surface area contributed by atoms with Crippen molar-refractivity contribution in [2.45, 2.75) is 19.8 Å². The summed E-state index contributed by atoms with van der Waals surface area (Å²) >= 11 is 0. The molecular formula is C21H19N5. The number of rotatable bonds is 3. The van der Waals surface area contributed by atoms with Crippen LogP contribution in [0.15, 0.2) is 54.6 Å². The van der Waals surface area contributed by atoms with Crippen molar-refractivity contribution >= 4 is 23.0 Å². The van der Waals surface area contributed by atoms with Crippen LogP contribution in [0.4, 0.5) is 23.0 Å². The second-order valence-electron chi connectivity index (χ2n) is 6.36. The number of benzene rings is 2. The number of aryl methyl sites for hydroxylation is 2. The quantitative estimate of drug-likeness (QED) is 0.760. The van der Waals surface area contributed by atoms with Gasteiger partial charge in [-0.2, -0.15) is 5.26 Å². The monoisotopic (exact) mass is 341 g/mol. The molecule has 26 heavy (non-hydrogen) atoms. The predicted molar refractivity (Wildman–Crippen MR) is 103 cm³/mol. The summed E-state index contributed by atoms with van der Waals surface area (Å²) in [7, 11) is 0. The van der Waals surface area contributed by atoms with Gasteiger partial charge in [-0.25, -0.2) is 9.97 Å². The molecule has 0 bridgehead atoms. The molecule has 0 aliphatic carbocycles. The number of nitrogens with one attached hydrogen (secondary N) is 1. The minimum Gasteiger partial charge on any atom is -0.340 e. The van der Waals surface area contributed by atoms with Crippen molar-refractivity contribution in [1.82, 2.24) is 9.97 Å². The van der Waals surface area contributed by atoms with Crippen molar-refractivity contribution in [3.63, 3.8) is 0 Å². The van der Waals surface area contributed by atoms with E-state index in [-0.39, 0.29) is 0 Å². The molecule has 0 radical (unpaired) electrons. The lowest BCUT2D eigenvalue weighted by atomic mass is 10.0. The number of fused-ring (bicyclic) bond motifs is 1. The number of nitrogens with zero attached hydrogens (tertiary/aromatic N) is 4. The molecule has 2 aromatic carbocycles. The Balaban J connectivity index is 1.66. The first-order chi connectivity index (χ1) is 12.7. The van der Waals surface area contributed by atoms with E-state index in [2.05, 4.69) is 50.5 Å². The molecule has 0 unspecified atom stereocenters. The van der Waals surface area contributed by atoms with Crippen molar-refractivity contribution in [2.24, 2.45) is 0 Å². The van der Waals surface area contributed by atoms with Gasteiger partial charge in [0.25, 0.3) is 0 Å². The van der Waals surface area contributed by atoms with E-state index in [1.165, 1.54) is 11.3 Å². The Morgan fingerprint density at radius 2 is 1.88 bits per heavy atom. The van der Waals surface area contributed by atoms with Gasteiger partial charge >= 0.3 is 0 Å². The summed E-state index contributed by atoms with van der Waals surface area (Å²) in [5, 5.41) is 12.2. The molecule has 3 aromatic rings. The highest BCUT2D eigenvalue weighted by Gasteiger charge is 2.19. The maximum absolute atomic E-state index is 8.92. The van der Waals surface area contributed by atoms with E-state index in [0.29, 0.717) is 5.56 Å². The van der Waals surface area contributed by atoms with Gasteiger partial charge in [-0.05, 0) is 55.7 Å². The molecule has 1 aliphatic rings. The molecule has 1 aliphatic heterocycles. The van der Waals surface area contributed by atoms with Gasteiger partial charge in [-0.1, -0.05) is 18.2 Å². The number of hydrogen-bond donors (Lipinski definition) is 1. The molecular weight excluding hydrogens is 322 g/mol. The van der Waals surface area contributed by atoms with Crippen LogP contribution in [0, 0.1) is 18.3 Å². The van der Waals surface area contributed by atoms with Gasteiger partial charge in [-0.3, -0.25) is 0 Å². The Bertz CT molecular complexity index is 972. The van der Waals surface area contributed by atoms with Gasteiger partial charge in [0.1, 0.15) is 17.5 Å². The summed E-state index contributed by atoms with van der Waals surface area (Å²) in [5.74, 6) is 2.38. The number of para-hydroxylation sites is 1. The second-order valence-corrected chi connectivity index (χ2v) is 6.36. The third-order valence-electron chi connectivity index (χ3n) is 4.50. The van der Waals surface area contributed by atoms with Crippen molar-refractivity contribution in [3.8, 4) is 6.07 Å². The smallest absolute Gasteiger partial charge is 0.138 e. The molecule has 1 N–H and O–H groups in total. The van der Waals surface area contributed by atoms with Crippen molar-refractivity contribution in [3.05, 3.63) is 71.5 Å². The van der Waals surface area contributed by atoms with Crippen LogP contribution in [-0.4, -0.2) is 16.5 Å². The average molecular weight is 341 g/mol. The molecule has 128 valence electrons. The van der Waals surface area contributed by atoms with E-state index in [4.69, 9.17) is 5.26 Å². The second kappa shape index (κ2) is 6.85. The largest absolute Gasteiger partial charge is 0.340 e. The highest BCUT2D eigenvalue weighted by Crippen LogP contribution is 2.33. The van der Waals surface area contributed by atoms with Crippen LogP contribution in [0.2, 0.25) is 0 Å². The van der Waals surface area contributed by atoms with Crippen LogP contribution in [0.5, 0.6) is 0 Å². The molecule has 5 nitrogen and oxygen atoms in total. The van der Waals surface area contributed by atoms with Gasteiger partial charge in [0, 0.05) is 24.0 Å². The van der Waals surface area contributed by atoms with Crippen LogP contribution in [0.3, 0.4) is 0 Å². The van der Waals surface area contributed by atoms with E-state index in [1.54, 1.807) is 12.1 Å². The first kappa shape index (κ1) is 16.1. The lowest BCUT2D eigenvalue weighted by Gasteiger charge is -2.30. The van der Waals surface area contributed by atoms with Crippen LogP contribution >= 0.6 is 0 Å². The molecule has 0 saturated carbocycles. The average Bonchev–Trinajstić information content (AvgIpc) is 2.67. The Morgan fingerprint density at radius 1 is 1.08 bits per heavy atom. The summed E-state index contributed by atoms with van der Waals surface area (Å²) in [4.78, 5) is 11.4. The fourth-order valence-corrected chi connectivity index (χ4v) is 3.30. The van der Waals surface area contributed by atoms with Crippen LogP contribution in [-0.2, 0) is 6.42 Å². The standard InChI is InChI=1S/C21H19N5/c1-15-23-20(25-18-10-8-16(14-22)9-11-18)13-21(24-15)26-12-4-6-17-5-2-3-7-19(17)26/h2-3,5,7-11,13H,4,6,12H2,1H3,(H,23,24,25). The SMILES string of the molecule is Cc1nc(Nc2ccc(C#N)cc2)cc(N2CCCc3ccccc32)n1. The zero-order chi connectivity index (χ0) is 17.9. The van der Waals surface area contributed by atoms with Crippen molar-refractivity contribution < 1.29 is 0 Å². The first-order valence-corrected chi connectivity index (χ1v) is 8.71.